The van der Waals surface area contributed by atoms with E-state index in [1.165, 1.54) is 14.2 Å². The standard InChI is InChI=1S/C12H11N3O5/c1-19-7-3-6(16)10-9(11(7)18)12(15-5-14-10)13-4-8(17)20-2/h3,5H,4H2,1-2H3,(H,13,14,15). The average molecular weight is 277 g/mol. The number of hydrogen-bond acceptors (Lipinski definition) is 8. The number of Topliss-reactive ketones (excluding diaryl/α,β-unsaturated/α-hetero) is 1. The van der Waals surface area contributed by atoms with Crippen LogP contribution >= 0.6 is 0 Å². The van der Waals surface area contributed by atoms with E-state index in [-0.39, 0.29) is 29.4 Å². The third-order valence-corrected chi connectivity index (χ3v) is 2.64. The fourth-order valence-electron chi connectivity index (χ4n) is 1.68. The summed E-state index contributed by atoms with van der Waals surface area (Å²) in [6.07, 6.45) is 2.21. The van der Waals surface area contributed by atoms with Crippen LogP contribution in [-0.2, 0) is 14.3 Å². The predicted molar refractivity (Wildman–Crippen MR) is 66.3 cm³/mol. The molecule has 0 atom stereocenters. The second-order valence-corrected chi connectivity index (χ2v) is 3.78. The highest BCUT2D eigenvalue weighted by atomic mass is 16.5. The van der Waals surface area contributed by atoms with Crippen molar-refractivity contribution in [3.05, 3.63) is 29.4 Å². The minimum Gasteiger partial charge on any atom is -0.492 e. The lowest BCUT2D eigenvalue weighted by atomic mass is 9.98. The van der Waals surface area contributed by atoms with Gasteiger partial charge in [0.2, 0.25) is 11.6 Å². The number of carbonyl (C=O) groups excluding carboxylic acids is 3. The van der Waals surface area contributed by atoms with Crippen LogP contribution in [0.3, 0.4) is 0 Å². The molecule has 1 aromatic heterocycles. The van der Waals surface area contributed by atoms with Gasteiger partial charge in [-0.15, -0.1) is 0 Å². The minimum absolute atomic E-state index is 0.0132. The van der Waals surface area contributed by atoms with Gasteiger partial charge in [-0.25, -0.2) is 9.97 Å². The number of carbonyl (C=O) groups is 3. The number of rotatable bonds is 4. The van der Waals surface area contributed by atoms with Crippen molar-refractivity contribution in [2.75, 3.05) is 26.1 Å². The summed E-state index contributed by atoms with van der Waals surface area (Å²) in [5.41, 5.74) is -0.0427. The summed E-state index contributed by atoms with van der Waals surface area (Å²) in [6.45, 7) is -0.187. The number of nitrogens with zero attached hydrogens (tertiary/aromatic N) is 2. The molecule has 1 heterocycles. The van der Waals surface area contributed by atoms with Crippen molar-refractivity contribution in [3.8, 4) is 0 Å². The molecule has 104 valence electrons. The summed E-state index contributed by atoms with van der Waals surface area (Å²) in [7, 11) is 2.52. The lowest BCUT2D eigenvalue weighted by Crippen LogP contribution is -2.24. The number of aromatic nitrogens is 2. The van der Waals surface area contributed by atoms with Crippen molar-refractivity contribution in [3.63, 3.8) is 0 Å². The molecule has 20 heavy (non-hydrogen) atoms. The summed E-state index contributed by atoms with van der Waals surface area (Å²) in [5.74, 6) is -1.52. The zero-order chi connectivity index (χ0) is 14.7. The molecule has 0 saturated heterocycles. The third-order valence-electron chi connectivity index (χ3n) is 2.64. The quantitative estimate of drug-likeness (QED) is 0.764. The number of esters is 1. The van der Waals surface area contributed by atoms with E-state index in [1.54, 1.807) is 0 Å². The first-order valence-corrected chi connectivity index (χ1v) is 5.59. The molecule has 0 amide bonds. The summed E-state index contributed by atoms with van der Waals surface area (Å²) < 4.78 is 9.32. The van der Waals surface area contributed by atoms with E-state index >= 15 is 0 Å². The molecule has 1 N–H and O–H groups in total. The van der Waals surface area contributed by atoms with Gasteiger partial charge in [-0.2, -0.15) is 0 Å². The molecule has 2 rings (SSSR count). The average Bonchev–Trinajstić information content (AvgIpc) is 2.47. The summed E-state index contributed by atoms with van der Waals surface area (Å²) in [4.78, 5) is 42.7. The van der Waals surface area contributed by atoms with Crippen LogP contribution < -0.4 is 5.32 Å². The second-order valence-electron chi connectivity index (χ2n) is 3.78. The van der Waals surface area contributed by atoms with Gasteiger partial charge < -0.3 is 14.8 Å². The van der Waals surface area contributed by atoms with Gasteiger partial charge in [0, 0.05) is 6.08 Å². The van der Waals surface area contributed by atoms with Crippen LogP contribution in [0.15, 0.2) is 18.2 Å². The first kappa shape index (κ1) is 13.7. The molecule has 1 aliphatic carbocycles. The maximum Gasteiger partial charge on any atom is 0.325 e. The Morgan fingerprint density at radius 3 is 2.70 bits per heavy atom. The van der Waals surface area contributed by atoms with E-state index in [1.807, 2.05) is 0 Å². The Kier molecular flexibility index (Phi) is 3.74. The Balaban J connectivity index is 2.39. The molecule has 1 aromatic rings. The first-order chi connectivity index (χ1) is 9.58. The topological polar surface area (TPSA) is 107 Å². The Labute approximate surface area is 113 Å². The Morgan fingerprint density at radius 2 is 2.05 bits per heavy atom. The van der Waals surface area contributed by atoms with Crippen molar-refractivity contribution in [1.29, 1.82) is 0 Å². The van der Waals surface area contributed by atoms with E-state index in [4.69, 9.17) is 4.74 Å². The molecule has 0 radical (unpaired) electrons. The highest BCUT2D eigenvalue weighted by molar-refractivity contribution is 6.24. The number of ketones is 2. The molecule has 0 fully saturated rings. The number of allylic oxidation sites excluding steroid dienone is 2. The Bertz CT molecular complexity index is 624. The van der Waals surface area contributed by atoms with Crippen LogP contribution in [0.1, 0.15) is 20.8 Å². The minimum atomic E-state index is -0.533. The maximum atomic E-state index is 12.1. The number of hydrogen-bond donors (Lipinski definition) is 1. The lowest BCUT2D eigenvalue weighted by molar-refractivity contribution is -0.138. The molecule has 1 aliphatic rings. The van der Waals surface area contributed by atoms with Gasteiger partial charge in [-0.3, -0.25) is 14.4 Å². The van der Waals surface area contributed by atoms with Crippen LogP contribution in [0.2, 0.25) is 0 Å². The number of nitrogens with one attached hydrogen (secondary N) is 1. The van der Waals surface area contributed by atoms with Gasteiger partial charge in [-0.1, -0.05) is 0 Å². The van der Waals surface area contributed by atoms with E-state index in [0.717, 1.165) is 12.4 Å². The van der Waals surface area contributed by atoms with Crippen LogP contribution in [0.4, 0.5) is 5.82 Å². The molecule has 0 spiro atoms. The van der Waals surface area contributed by atoms with E-state index in [9.17, 15) is 14.4 Å². The fourth-order valence-corrected chi connectivity index (χ4v) is 1.68. The number of fused-ring (bicyclic) bond motifs is 1. The number of anilines is 1. The number of methoxy groups -OCH3 is 2. The van der Waals surface area contributed by atoms with Crippen molar-refractivity contribution in [2.45, 2.75) is 0 Å². The van der Waals surface area contributed by atoms with Gasteiger partial charge >= 0.3 is 5.97 Å². The van der Waals surface area contributed by atoms with Crippen LogP contribution in [0.25, 0.3) is 0 Å². The van der Waals surface area contributed by atoms with Crippen LogP contribution in [-0.4, -0.2) is 48.3 Å². The third kappa shape index (κ3) is 2.35. The Morgan fingerprint density at radius 1 is 1.30 bits per heavy atom. The molecule has 8 heteroatoms. The molecule has 8 nitrogen and oxygen atoms in total. The van der Waals surface area contributed by atoms with Gasteiger partial charge in [0.15, 0.2) is 5.76 Å². The number of ether oxygens (including phenoxy) is 2. The SMILES string of the molecule is COC(=O)CNc1ncnc2c1C(=O)C(OC)=CC2=O. The van der Waals surface area contributed by atoms with Gasteiger partial charge in [0.1, 0.15) is 24.4 Å². The second kappa shape index (κ2) is 5.47. The van der Waals surface area contributed by atoms with Crippen molar-refractivity contribution >= 4 is 23.4 Å². The molecule has 0 aliphatic heterocycles. The van der Waals surface area contributed by atoms with Crippen LogP contribution in [0, 0.1) is 0 Å². The highest BCUT2D eigenvalue weighted by Gasteiger charge is 2.31. The molecular weight excluding hydrogens is 266 g/mol. The molecule has 0 saturated carbocycles. The normalized spacial score (nSPS) is 13.4. The molecular formula is C12H11N3O5. The smallest absolute Gasteiger partial charge is 0.325 e. The zero-order valence-corrected chi connectivity index (χ0v) is 10.8. The monoisotopic (exact) mass is 277 g/mol. The summed E-state index contributed by atoms with van der Waals surface area (Å²) >= 11 is 0. The van der Waals surface area contributed by atoms with Gasteiger partial charge in [-0.05, 0) is 0 Å². The first-order valence-electron chi connectivity index (χ1n) is 5.59. The van der Waals surface area contributed by atoms with Crippen molar-refractivity contribution in [1.82, 2.24) is 9.97 Å². The van der Waals surface area contributed by atoms with Gasteiger partial charge in [0.25, 0.3) is 0 Å². The predicted octanol–water partition coefficient (Wildman–Crippen LogP) is -0.0292. The molecule has 0 bridgehead atoms. The van der Waals surface area contributed by atoms with E-state index in [0.29, 0.717) is 0 Å². The Hall–Kier alpha value is -2.77. The highest BCUT2D eigenvalue weighted by Crippen LogP contribution is 2.24. The fraction of sp³-hybridized carbons (Fsp3) is 0.250. The molecule has 0 aromatic carbocycles. The lowest BCUT2D eigenvalue weighted by Gasteiger charge is -2.16. The summed E-state index contributed by atoms with van der Waals surface area (Å²) in [6, 6.07) is 0. The largest absolute Gasteiger partial charge is 0.492 e. The van der Waals surface area contributed by atoms with Crippen LogP contribution in [0.5, 0.6) is 0 Å². The maximum absolute atomic E-state index is 12.1. The van der Waals surface area contributed by atoms with E-state index in [2.05, 4.69) is 20.0 Å². The summed E-state index contributed by atoms with van der Waals surface area (Å²) in [5, 5.41) is 2.64. The zero-order valence-electron chi connectivity index (χ0n) is 10.8. The molecule has 0 unspecified atom stereocenters. The van der Waals surface area contributed by atoms with E-state index < -0.39 is 17.5 Å². The van der Waals surface area contributed by atoms with Crippen molar-refractivity contribution < 1.29 is 23.9 Å². The van der Waals surface area contributed by atoms with Crippen molar-refractivity contribution in [2.24, 2.45) is 0 Å². The van der Waals surface area contributed by atoms with Gasteiger partial charge in [0.05, 0.1) is 19.8 Å².